The SMILES string of the molecule is CC(NC(=O)[C@H](C)N)C(=O)N1CCCCC1.Cl. The number of hydrogen-bond donors (Lipinski definition) is 2. The van der Waals surface area contributed by atoms with Gasteiger partial charge in [-0.1, -0.05) is 0 Å². The molecule has 3 N–H and O–H groups in total. The Balaban J connectivity index is 0.00000256. The van der Waals surface area contributed by atoms with Crippen molar-refractivity contribution in [3.05, 3.63) is 0 Å². The molecule has 1 unspecified atom stereocenters. The summed E-state index contributed by atoms with van der Waals surface area (Å²) in [7, 11) is 0. The van der Waals surface area contributed by atoms with Gasteiger partial charge in [0, 0.05) is 13.1 Å². The minimum absolute atomic E-state index is 0. The van der Waals surface area contributed by atoms with Crippen molar-refractivity contribution in [1.29, 1.82) is 0 Å². The van der Waals surface area contributed by atoms with Crippen molar-refractivity contribution in [3.63, 3.8) is 0 Å². The van der Waals surface area contributed by atoms with Crippen LogP contribution in [-0.4, -0.2) is 41.9 Å². The van der Waals surface area contributed by atoms with E-state index in [1.165, 1.54) is 6.42 Å². The molecule has 17 heavy (non-hydrogen) atoms. The first-order chi connectivity index (χ1) is 7.52. The van der Waals surface area contributed by atoms with Crippen LogP contribution in [0.15, 0.2) is 0 Å². The Labute approximate surface area is 109 Å². The molecule has 1 aliphatic rings. The van der Waals surface area contributed by atoms with Crippen LogP contribution in [-0.2, 0) is 9.59 Å². The normalized spacial score (nSPS) is 18.9. The van der Waals surface area contributed by atoms with Crippen LogP contribution in [0.25, 0.3) is 0 Å². The Morgan fingerprint density at radius 1 is 1.18 bits per heavy atom. The molecule has 2 amide bonds. The molecule has 0 bridgehead atoms. The van der Waals surface area contributed by atoms with Crippen LogP contribution in [0.1, 0.15) is 33.1 Å². The van der Waals surface area contributed by atoms with Crippen LogP contribution in [0.2, 0.25) is 0 Å². The van der Waals surface area contributed by atoms with Gasteiger partial charge in [0.05, 0.1) is 6.04 Å². The van der Waals surface area contributed by atoms with Crippen molar-refractivity contribution in [2.24, 2.45) is 5.73 Å². The molecule has 0 aromatic heterocycles. The molecule has 1 fully saturated rings. The summed E-state index contributed by atoms with van der Waals surface area (Å²) in [5.74, 6) is -0.286. The molecular formula is C11H22ClN3O2. The maximum atomic E-state index is 11.9. The molecule has 1 saturated heterocycles. The number of carbonyl (C=O) groups excluding carboxylic acids is 2. The molecule has 0 aromatic carbocycles. The quantitative estimate of drug-likeness (QED) is 0.768. The number of likely N-dealkylation sites (tertiary alicyclic amines) is 1. The summed E-state index contributed by atoms with van der Waals surface area (Å²) in [5.41, 5.74) is 5.43. The highest BCUT2D eigenvalue weighted by Gasteiger charge is 2.23. The van der Waals surface area contributed by atoms with E-state index in [2.05, 4.69) is 5.32 Å². The van der Waals surface area contributed by atoms with Crippen molar-refractivity contribution in [2.45, 2.75) is 45.2 Å². The first-order valence-corrected chi connectivity index (χ1v) is 5.87. The van der Waals surface area contributed by atoms with E-state index in [0.717, 1.165) is 25.9 Å². The summed E-state index contributed by atoms with van der Waals surface area (Å²) in [5, 5.41) is 2.62. The minimum Gasteiger partial charge on any atom is -0.343 e. The molecule has 0 aromatic rings. The zero-order valence-corrected chi connectivity index (χ0v) is 11.3. The Morgan fingerprint density at radius 3 is 2.18 bits per heavy atom. The molecule has 2 atom stereocenters. The number of hydrogen-bond acceptors (Lipinski definition) is 3. The number of rotatable bonds is 3. The monoisotopic (exact) mass is 263 g/mol. The van der Waals surface area contributed by atoms with Gasteiger partial charge in [0.15, 0.2) is 0 Å². The predicted octanol–water partition coefficient (Wildman–Crippen LogP) is 0.273. The Morgan fingerprint density at radius 2 is 1.71 bits per heavy atom. The van der Waals surface area contributed by atoms with E-state index >= 15 is 0 Å². The largest absolute Gasteiger partial charge is 0.343 e. The van der Waals surface area contributed by atoms with E-state index in [-0.39, 0.29) is 24.2 Å². The zero-order chi connectivity index (χ0) is 12.1. The highest BCUT2D eigenvalue weighted by Crippen LogP contribution is 2.09. The third-order valence-electron chi connectivity index (χ3n) is 2.81. The number of piperidine rings is 1. The second-order valence-electron chi connectivity index (χ2n) is 4.40. The topological polar surface area (TPSA) is 75.4 Å². The number of nitrogens with zero attached hydrogens (tertiary/aromatic N) is 1. The van der Waals surface area contributed by atoms with Gasteiger partial charge < -0.3 is 16.0 Å². The molecule has 1 aliphatic heterocycles. The molecule has 0 aliphatic carbocycles. The van der Waals surface area contributed by atoms with Crippen molar-refractivity contribution >= 4 is 24.2 Å². The van der Waals surface area contributed by atoms with Gasteiger partial charge >= 0.3 is 0 Å². The maximum Gasteiger partial charge on any atom is 0.244 e. The maximum absolute atomic E-state index is 11.9. The molecule has 5 nitrogen and oxygen atoms in total. The third kappa shape index (κ3) is 4.91. The van der Waals surface area contributed by atoms with E-state index in [9.17, 15) is 9.59 Å². The smallest absolute Gasteiger partial charge is 0.244 e. The van der Waals surface area contributed by atoms with Crippen LogP contribution < -0.4 is 11.1 Å². The Kier molecular flexibility index (Phi) is 7.15. The fraction of sp³-hybridized carbons (Fsp3) is 0.818. The average Bonchev–Trinajstić information content (AvgIpc) is 2.28. The number of halogens is 1. The van der Waals surface area contributed by atoms with Gasteiger partial charge in [0.2, 0.25) is 11.8 Å². The van der Waals surface area contributed by atoms with E-state index in [1.807, 2.05) is 4.90 Å². The molecule has 1 heterocycles. The van der Waals surface area contributed by atoms with Crippen LogP contribution >= 0.6 is 12.4 Å². The van der Waals surface area contributed by atoms with E-state index in [0.29, 0.717) is 0 Å². The Bertz CT molecular complexity index is 265. The summed E-state index contributed by atoms with van der Waals surface area (Å²) in [6.45, 7) is 4.92. The van der Waals surface area contributed by atoms with Crippen LogP contribution in [0, 0.1) is 0 Å². The molecule has 0 spiro atoms. The van der Waals surface area contributed by atoms with Crippen LogP contribution in [0.4, 0.5) is 0 Å². The molecular weight excluding hydrogens is 242 g/mol. The zero-order valence-electron chi connectivity index (χ0n) is 10.4. The van der Waals surface area contributed by atoms with Crippen molar-refractivity contribution in [2.75, 3.05) is 13.1 Å². The van der Waals surface area contributed by atoms with E-state index in [1.54, 1.807) is 13.8 Å². The van der Waals surface area contributed by atoms with Gasteiger partial charge in [0.25, 0.3) is 0 Å². The average molecular weight is 264 g/mol. The molecule has 0 radical (unpaired) electrons. The number of carbonyl (C=O) groups is 2. The molecule has 1 rings (SSSR count). The second-order valence-corrected chi connectivity index (χ2v) is 4.40. The van der Waals surface area contributed by atoms with Crippen molar-refractivity contribution in [3.8, 4) is 0 Å². The van der Waals surface area contributed by atoms with Gasteiger partial charge in [-0.3, -0.25) is 9.59 Å². The Hall–Kier alpha value is -0.810. The fourth-order valence-corrected chi connectivity index (χ4v) is 1.79. The predicted molar refractivity (Wildman–Crippen MR) is 68.9 cm³/mol. The highest BCUT2D eigenvalue weighted by atomic mass is 35.5. The molecule has 6 heteroatoms. The summed E-state index contributed by atoms with van der Waals surface area (Å²) in [4.78, 5) is 25.1. The lowest BCUT2D eigenvalue weighted by atomic mass is 10.1. The third-order valence-corrected chi connectivity index (χ3v) is 2.81. The lowest BCUT2D eigenvalue weighted by Crippen LogP contribution is -2.51. The fourth-order valence-electron chi connectivity index (χ4n) is 1.79. The van der Waals surface area contributed by atoms with Crippen molar-refractivity contribution < 1.29 is 9.59 Å². The minimum atomic E-state index is -0.573. The van der Waals surface area contributed by atoms with Crippen LogP contribution in [0.5, 0.6) is 0 Å². The van der Waals surface area contributed by atoms with Crippen LogP contribution in [0.3, 0.4) is 0 Å². The first kappa shape index (κ1) is 16.2. The number of nitrogens with one attached hydrogen (secondary N) is 1. The van der Waals surface area contributed by atoms with E-state index in [4.69, 9.17) is 5.73 Å². The lowest BCUT2D eigenvalue weighted by Gasteiger charge is -2.29. The number of amides is 2. The highest BCUT2D eigenvalue weighted by molar-refractivity contribution is 5.89. The first-order valence-electron chi connectivity index (χ1n) is 5.87. The molecule has 0 saturated carbocycles. The summed E-state index contributed by atoms with van der Waals surface area (Å²) in [6, 6.07) is -1.05. The standard InChI is InChI=1S/C11H21N3O2.ClH/c1-8(12)10(15)13-9(2)11(16)14-6-4-3-5-7-14;/h8-9H,3-7,12H2,1-2H3,(H,13,15);1H/t8-,9?;/m0./s1. The summed E-state index contributed by atoms with van der Waals surface area (Å²) < 4.78 is 0. The van der Waals surface area contributed by atoms with Gasteiger partial charge in [-0.05, 0) is 33.1 Å². The van der Waals surface area contributed by atoms with Gasteiger partial charge in [-0.15, -0.1) is 12.4 Å². The number of nitrogens with two attached hydrogens (primary N) is 1. The van der Waals surface area contributed by atoms with Gasteiger partial charge in [-0.25, -0.2) is 0 Å². The van der Waals surface area contributed by atoms with Crippen molar-refractivity contribution in [1.82, 2.24) is 10.2 Å². The summed E-state index contributed by atoms with van der Waals surface area (Å²) in [6.07, 6.45) is 3.30. The second kappa shape index (κ2) is 7.50. The van der Waals surface area contributed by atoms with Gasteiger partial charge in [-0.2, -0.15) is 0 Å². The summed E-state index contributed by atoms with van der Waals surface area (Å²) >= 11 is 0. The lowest BCUT2D eigenvalue weighted by molar-refractivity contribution is -0.136. The van der Waals surface area contributed by atoms with Gasteiger partial charge in [0.1, 0.15) is 6.04 Å². The molecule has 100 valence electrons. The van der Waals surface area contributed by atoms with E-state index < -0.39 is 12.1 Å².